The summed E-state index contributed by atoms with van der Waals surface area (Å²) in [4.78, 5) is 17.1. The molecule has 0 saturated heterocycles. The number of alkyl halides is 3. The molecule has 222 valence electrons. The first-order valence-corrected chi connectivity index (χ1v) is 15.3. The van der Waals surface area contributed by atoms with E-state index >= 15 is 0 Å². The van der Waals surface area contributed by atoms with Crippen LogP contribution in [0.1, 0.15) is 35.3 Å². The number of anilines is 1. The lowest BCUT2D eigenvalue weighted by Gasteiger charge is -2.38. The van der Waals surface area contributed by atoms with Gasteiger partial charge in [0.25, 0.3) is 15.9 Å². The molecule has 0 unspecified atom stereocenters. The van der Waals surface area contributed by atoms with Gasteiger partial charge in [0.15, 0.2) is 5.75 Å². The molecule has 2 heterocycles. The number of nitrogens with one attached hydrogen (secondary N) is 1. The zero-order chi connectivity index (χ0) is 29.9. The number of fused-ring (bicyclic) bond motifs is 1. The maximum Gasteiger partial charge on any atom is 0.416 e. The maximum atomic E-state index is 13.6. The van der Waals surface area contributed by atoms with Crippen molar-refractivity contribution in [1.29, 1.82) is 0 Å². The van der Waals surface area contributed by atoms with Crippen LogP contribution >= 0.6 is 11.3 Å². The minimum absolute atomic E-state index is 0.0762. The summed E-state index contributed by atoms with van der Waals surface area (Å²) in [5.41, 5.74) is 0.205. The maximum absolute atomic E-state index is 13.6. The van der Waals surface area contributed by atoms with Crippen molar-refractivity contribution in [2.75, 3.05) is 31.5 Å². The van der Waals surface area contributed by atoms with E-state index < -0.39 is 39.8 Å². The van der Waals surface area contributed by atoms with Crippen LogP contribution in [0.2, 0.25) is 0 Å². The average molecular weight is 612 g/mol. The molecule has 3 aromatic rings. The number of hydrogen-bond donors (Lipinski definition) is 2. The molecule has 0 saturated carbocycles. The Hall–Kier alpha value is -3.13. The third kappa shape index (κ3) is 7.21. The third-order valence-corrected chi connectivity index (χ3v) is 9.68. The quantitative estimate of drug-likeness (QED) is 0.357. The summed E-state index contributed by atoms with van der Waals surface area (Å²) in [6.07, 6.45) is -4.96. The standard InChI is InChI=1S/C28H32F3N3O5S2/c1-18-14-34(19(2)17-35)27(36)22-6-4-7-23(32-41(37,38)25-8-5-13-40-25)26(22)39-24(18)16-33(3)15-20-9-11-21(12-10-20)28(29,30)31/h4-13,18-19,24,32,35H,14-17H2,1-3H3/t18-,19-,24-/m0/s1. The minimum atomic E-state index is -4.42. The number of halogens is 3. The van der Waals surface area contributed by atoms with E-state index in [0.29, 0.717) is 18.7 Å². The third-order valence-electron chi connectivity index (χ3n) is 6.92. The highest BCUT2D eigenvalue weighted by atomic mass is 32.2. The van der Waals surface area contributed by atoms with Gasteiger partial charge in [-0.05, 0) is 55.2 Å². The fourth-order valence-electron chi connectivity index (χ4n) is 4.64. The topological polar surface area (TPSA) is 99.2 Å². The second kappa shape index (κ2) is 12.4. The number of ether oxygens (including phenoxy) is 1. The first kappa shape index (κ1) is 30.8. The molecule has 2 N–H and O–H groups in total. The van der Waals surface area contributed by atoms with Crippen LogP contribution < -0.4 is 9.46 Å². The van der Waals surface area contributed by atoms with E-state index in [0.717, 1.165) is 23.5 Å². The van der Waals surface area contributed by atoms with Crippen molar-refractivity contribution >= 4 is 33.0 Å². The second-order valence-electron chi connectivity index (χ2n) is 10.2. The van der Waals surface area contributed by atoms with Crippen molar-refractivity contribution in [3.63, 3.8) is 0 Å². The summed E-state index contributed by atoms with van der Waals surface area (Å²) >= 11 is 1.05. The van der Waals surface area contributed by atoms with Crippen molar-refractivity contribution in [3.8, 4) is 5.75 Å². The highest BCUT2D eigenvalue weighted by Crippen LogP contribution is 2.36. The van der Waals surface area contributed by atoms with Gasteiger partial charge >= 0.3 is 6.18 Å². The van der Waals surface area contributed by atoms with Crippen molar-refractivity contribution in [3.05, 3.63) is 76.7 Å². The molecule has 0 radical (unpaired) electrons. The zero-order valence-electron chi connectivity index (χ0n) is 22.8. The second-order valence-corrected chi connectivity index (χ2v) is 13.1. The fourth-order valence-corrected chi connectivity index (χ4v) is 6.69. The minimum Gasteiger partial charge on any atom is -0.486 e. The summed E-state index contributed by atoms with van der Waals surface area (Å²) in [5.74, 6) is -0.576. The van der Waals surface area contributed by atoms with Crippen LogP contribution in [0.5, 0.6) is 5.75 Å². The smallest absolute Gasteiger partial charge is 0.416 e. The Labute approximate surface area is 241 Å². The zero-order valence-corrected chi connectivity index (χ0v) is 24.4. The van der Waals surface area contributed by atoms with Gasteiger partial charge in [0.2, 0.25) is 0 Å². The number of carbonyl (C=O) groups excluding carboxylic acids is 1. The van der Waals surface area contributed by atoms with Gasteiger partial charge in [-0.2, -0.15) is 13.2 Å². The largest absolute Gasteiger partial charge is 0.486 e. The van der Waals surface area contributed by atoms with Crippen LogP contribution in [0.15, 0.2) is 64.2 Å². The normalized spacial score (nSPS) is 18.8. The molecule has 1 amide bonds. The Balaban J connectivity index is 1.65. The number of carbonyl (C=O) groups is 1. The monoisotopic (exact) mass is 611 g/mol. The number of thiophene rings is 1. The van der Waals surface area contributed by atoms with Gasteiger partial charge in [0.1, 0.15) is 10.3 Å². The predicted octanol–water partition coefficient (Wildman–Crippen LogP) is 4.92. The number of aliphatic hydroxyl groups excluding tert-OH is 1. The molecule has 0 spiro atoms. The highest BCUT2D eigenvalue weighted by molar-refractivity contribution is 7.94. The number of rotatable bonds is 9. The van der Waals surface area contributed by atoms with Gasteiger partial charge in [0.05, 0.1) is 29.5 Å². The number of para-hydroxylation sites is 1. The number of aliphatic hydroxyl groups is 1. The summed E-state index contributed by atoms with van der Waals surface area (Å²) in [7, 11) is -2.15. The first-order chi connectivity index (χ1) is 19.3. The van der Waals surface area contributed by atoms with Gasteiger partial charge in [-0.15, -0.1) is 11.3 Å². The number of hydrogen-bond acceptors (Lipinski definition) is 7. The van der Waals surface area contributed by atoms with Crippen LogP contribution in [-0.2, 0) is 22.7 Å². The molecule has 0 fully saturated rings. The Morgan fingerprint density at radius 3 is 2.49 bits per heavy atom. The SMILES string of the molecule is C[C@H]1CN([C@@H](C)CO)C(=O)c2cccc(NS(=O)(=O)c3cccs3)c2O[C@H]1CN(C)Cc1ccc(C(F)(F)F)cc1. The molecule has 1 aliphatic heterocycles. The fraction of sp³-hybridized carbons (Fsp3) is 0.393. The van der Waals surface area contributed by atoms with Crippen LogP contribution in [-0.4, -0.2) is 68.1 Å². The lowest BCUT2D eigenvalue weighted by molar-refractivity contribution is -0.137. The van der Waals surface area contributed by atoms with E-state index in [1.54, 1.807) is 42.5 Å². The molecular formula is C28H32F3N3O5S2. The average Bonchev–Trinajstić information content (AvgIpc) is 3.47. The number of likely N-dealkylation sites (N-methyl/N-ethyl adjacent to an activating group) is 1. The number of benzene rings is 2. The van der Waals surface area contributed by atoms with E-state index in [1.165, 1.54) is 24.3 Å². The molecule has 0 bridgehead atoms. The van der Waals surface area contributed by atoms with E-state index in [-0.39, 0.29) is 40.3 Å². The Morgan fingerprint density at radius 2 is 1.88 bits per heavy atom. The Bertz CT molecular complexity index is 1450. The van der Waals surface area contributed by atoms with Gasteiger partial charge < -0.3 is 14.7 Å². The Kier molecular flexibility index (Phi) is 9.32. The number of nitrogens with zero attached hydrogens (tertiary/aromatic N) is 2. The van der Waals surface area contributed by atoms with Crippen LogP contribution in [0.4, 0.5) is 18.9 Å². The molecule has 3 atom stereocenters. The predicted molar refractivity (Wildman–Crippen MR) is 151 cm³/mol. The molecule has 0 aliphatic carbocycles. The molecule has 8 nitrogen and oxygen atoms in total. The molecule has 1 aromatic heterocycles. The summed E-state index contributed by atoms with van der Waals surface area (Å²) in [6, 6.07) is 12.2. The molecule has 1 aliphatic rings. The number of amides is 1. The molecule has 4 rings (SSSR count). The van der Waals surface area contributed by atoms with E-state index in [2.05, 4.69) is 4.72 Å². The van der Waals surface area contributed by atoms with E-state index in [4.69, 9.17) is 4.74 Å². The first-order valence-electron chi connectivity index (χ1n) is 12.9. The summed E-state index contributed by atoms with van der Waals surface area (Å²) in [6.45, 7) is 4.27. The Morgan fingerprint density at radius 1 is 1.17 bits per heavy atom. The summed E-state index contributed by atoms with van der Waals surface area (Å²) in [5, 5.41) is 11.5. The molecule has 13 heteroatoms. The van der Waals surface area contributed by atoms with Crippen molar-refractivity contribution < 1.29 is 36.2 Å². The summed E-state index contributed by atoms with van der Waals surface area (Å²) < 4.78 is 74.1. The van der Waals surface area contributed by atoms with Gasteiger partial charge in [0, 0.05) is 25.6 Å². The highest BCUT2D eigenvalue weighted by Gasteiger charge is 2.35. The van der Waals surface area contributed by atoms with Crippen molar-refractivity contribution in [2.45, 2.75) is 42.9 Å². The van der Waals surface area contributed by atoms with Crippen molar-refractivity contribution in [2.24, 2.45) is 5.92 Å². The van der Waals surface area contributed by atoms with E-state index in [9.17, 15) is 31.5 Å². The van der Waals surface area contributed by atoms with E-state index in [1.807, 2.05) is 11.8 Å². The van der Waals surface area contributed by atoms with Crippen LogP contribution in [0, 0.1) is 5.92 Å². The van der Waals surface area contributed by atoms with Crippen LogP contribution in [0.25, 0.3) is 0 Å². The lowest BCUT2D eigenvalue weighted by Crippen LogP contribution is -2.49. The van der Waals surface area contributed by atoms with Gasteiger partial charge in [-0.1, -0.05) is 31.2 Å². The molecular weight excluding hydrogens is 579 g/mol. The molecule has 41 heavy (non-hydrogen) atoms. The van der Waals surface area contributed by atoms with Crippen LogP contribution in [0.3, 0.4) is 0 Å². The molecule has 2 aromatic carbocycles. The number of sulfonamides is 1. The van der Waals surface area contributed by atoms with Gasteiger partial charge in [-0.25, -0.2) is 8.42 Å². The van der Waals surface area contributed by atoms with Crippen molar-refractivity contribution in [1.82, 2.24) is 9.80 Å². The van der Waals surface area contributed by atoms with Gasteiger partial charge in [-0.3, -0.25) is 14.4 Å². The lowest BCUT2D eigenvalue weighted by atomic mass is 9.99.